The maximum atomic E-state index is 13.6. The lowest BCUT2D eigenvalue weighted by Gasteiger charge is -2.31. The van der Waals surface area contributed by atoms with Gasteiger partial charge in [-0.15, -0.1) is 12.4 Å². The molecule has 0 spiro atoms. The Balaban J connectivity index is 0.00000208. The summed E-state index contributed by atoms with van der Waals surface area (Å²) in [5.74, 6) is -0.620. The van der Waals surface area contributed by atoms with E-state index in [2.05, 4.69) is 5.32 Å². The molecule has 1 fully saturated rings. The van der Waals surface area contributed by atoms with Crippen molar-refractivity contribution in [3.05, 3.63) is 64.7 Å². The Kier molecular flexibility index (Phi) is 6.80. The number of halogens is 4. The first-order chi connectivity index (χ1) is 11.1. The van der Waals surface area contributed by atoms with Crippen molar-refractivity contribution in [3.8, 4) is 5.75 Å². The lowest BCUT2D eigenvalue weighted by Crippen LogP contribution is -2.43. The van der Waals surface area contributed by atoms with Crippen LogP contribution in [0, 0.1) is 11.6 Å². The fourth-order valence-corrected chi connectivity index (χ4v) is 2.69. The van der Waals surface area contributed by atoms with Gasteiger partial charge in [0, 0.05) is 19.2 Å². The highest BCUT2D eigenvalue weighted by molar-refractivity contribution is 6.32. The van der Waals surface area contributed by atoms with Crippen LogP contribution in [0.2, 0.25) is 5.02 Å². The van der Waals surface area contributed by atoms with Crippen molar-refractivity contribution in [1.82, 2.24) is 5.32 Å². The lowest BCUT2D eigenvalue weighted by molar-refractivity contribution is -0.0433. The molecule has 1 aliphatic rings. The lowest BCUT2D eigenvalue weighted by atomic mass is 10.0. The molecule has 0 aliphatic carbocycles. The van der Waals surface area contributed by atoms with Gasteiger partial charge in [-0.05, 0) is 29.8 Å². The second-order valence-electron chi connectivity index (χ2n) is 5.28. The Morgan fingerprint density at radius 2 is 1.96 bits per heavy atom. The molecule has 7 heteroatoms. The number of hydrogen-bond donors (Lipinski definition) is 1. The van der Waals surface area contributed by atoms with E-state index in [-0.39, 0.29) is 35.1 Å². The highest BCUT2D eigenvalue weighted by Gasteiger charge is 2.29. The Bertz CT molecular complexity index is 681. The predicted octanol–water partition coefficient (Wildman–Crippen LogP) is 4.15. The highest BCUT2D eigenvalue weighted by atomic mass is 35.5. The minimum atomic E-state index is -0.599. The molecule has 0 radical (unpaired) electrons. The molecule has 2 atom stereocenters. The van der Waals surface area contributed by atoms with Crippen molar-refractivity contribution in [3.63, 3.8) is 0 Å². The average Bonchev–Trinajstić information content (AvgIpc) is 2.56. The van der Waals surface area contributed by atoms with Crippen molar-refractivity contribution in [2.75, 3.05) is 19.7 Å². The number of ether oxygens (including phenoxy) is 2. The molecule has 0 aromatic heterocycles. The molecule has 1 saturated heterocycles. The van der Waals surface area contributed by atoms with Gasteiger partial charge < -0.3 is 14.8 Å². The van der Waals surface area contributed by atoms with Crippen molar-refractivity contribution in [2.45, 2.75) is 12.2 Å². The van der Waals surface area contributed by atoms with Gasteiger partial charge in [-0.1, -0.05) is 23.7 Å². The zero-order chi connectivity index (χ0) is 16.2. The molecular formula is C17H17Cl2F2NO2. The van der Waals surface area contributed by atoms with Crippen LogP contribution in [0.5, 0.6) is 5.75 Å². The van der Waals surface area contributed by atoms with Crippen molar-refractivity contribution in [1.29, 1.82) is 0 Å². The van der Waals surface area contributed by atoms with Gasteiger partial charge >= 0.3 is 0 Å². The second kappa shape index (κ2) is 8.62. The first kappa shape index (κ1) is 18.9. The molecule has 24 heavy (non-hydrogen) atoms. The van der Waals surface area contributed by atoms with Crippen LogP contribution in [0.25, 0.3) is 0 Å². The Hall–Kier alpha value is -1.40. The van der Waals surface area contributed by atoms with Crippen LogP contribution in [-0.2, 0) is 4.74 Å². The molecule has 1 heterocycles. The Morgan fingerprint density at radius 1 is 1.17 bits per heavy atom. The SMILES string of the molecule is Cl.Fc1cccc(C(Oc2cc(F)ccc2Cl)[C@@H]2CNCCO2)c1. The summed E-state index contributed by atoms with van der Waals surface area (Å²) in [6.45, 7) is 1.82. The molecule has 130 valence electrons. The maximum absolute atomic E-state index is 13.6. The third-order valence-corrected chi connectivity index (χ3v) is 3.93. The molecule has 1 aliphatic heterocycles. The molecule has 3 rings (SSSR count). The van der Waals surface area contributed by atoms with E-state index in [1.54, 1.807) is 12.1 Å². The maximum Gasteiger partial charge on any atom is 0.151 e. The number of nitrogens with one attached hydrogen (secondary N) is 1. The largest absolute Gasteiger partial charge is 0.481 e. The zero-order valence-electron chi connectivity index (χ0n) is 12.7. The van der Waals surface area contributed by atoms with Gasteiger partial charge in [-0.3, -0.25) is 0 Å². The number of hydrogen-bond acceptors (Lipinski definition) is 3. The van der Waals surface area contributed by atoms with Gasteiger partial charge in [-0.2, -0.15) is 0 Å². The number of morpholine rings is 1. The minimum absolute atomic E-state index is 0. The normalized spacial score (nSPS) is 18.5. The molecule has 1 N–H and O–H groups in total. The molecule has 2 aromatic carbocycles. The molecule has 0 bridgehead atoms. The summed E-state index contributed by atoms with van der Waals surface area (Å²) < 4.78 is 38.7. The molecule has 0 amide bonds. The summed E-state index contributed by atoms with van der Waals surface area (Å²) in [5.41, 5.74) is 0.610. The van der Waals surface area contributed by atoms with Crippen LogP contribution in [0.15, 0.2) is 42.5 Å². The summed E-state index contributed by atoms with van der Waals surface area (Å²) >= 11 is 6.08. The standard InChI is InChI=1S/C17H16ClF2NO2.ClH/c18-14-5-4-13(20)9-15(14)23-17(16-10-21-6-7-22-16)11-2-1-3-12(19)8-11;/h1-5,8-9,16-17,21H,6-7,10H2;1H/t16-,17?;/m0./s1. The topological polar surface area (TPSA) is 30.5 Å². The van der Waals surface area contributed by atoms with Crippen LogP contribution in [0.4, 0.5) is 8.78 Å². The quantitative estimate of drug-likeness (QED) is 0.870. The third-order valence-electron chi connectivity index (χ3n) is 3.62. The summed E-state index contributed by atoms with van der Waals surface area (Å²) in [7, 11) is 0. The fourth-order valence-electron chi connectivity index (χ4n) is 2.53. The zero-order valence-corrected chi connectivity index (χ0v) is 14.2. The summed E-state index contributed by atoms with van der Waals surface area (Å²) in [6, 6.07) is 9.99. The number of benzene rings is 2. The second-order valence-corrected chi connectivity index (χ2v) is 5.69. The van der Waals surface area contributed by atoms with Crippen LogP contribution in [0.3, 0.4) is 0 Å². The van der Waals surface area contributed by atoms with Gasteiger partial charge in [0.15, 0.2) is 6.10 Å². The van der Waals surface area contributed by atoms with Crippen molar-refractivity contribution >= 4 is 24.0 Å². The molecule has 0 saturated carbocycles. The van der Waals surface area contributed by atoms with Gasteiger partial charge in [0.25, 0.3) is 0 Å². The average molecular weight is 376 g/mol. The van der Waals surface area contributed by atoms with Crippen molar-refractivity contribution in [2.24, 2.45) is 0 Å². The smallest absolute Gasteiger partial charge is 0.151 e. The van der Waals surface area contributed by atoms with E-state index in [9.17, 15) is 8.78 Å². The van der Waals surface area contributed by atoms with Crippen LogP contribution in [-0.4, -0.2) is 25.8 Å². The van der Waals surface area contributed by atoms with E-state index in [4.69, 9.17) is 21.1 Å². The van der Waals surface area contributed by atoms with Crippen molar-refractivity contribution < 1.29 is 18.3 Å². The molecule has 3 nitrogen and oxygen atoms in total. The first-order valence-corrected chi connectivity index (χ1v) is 7.71. The number of rotatable bonds is 4. The van der Waals surface area contributed by atoms with Gasteiger partial charge in [0.1, 0.15) is 23.5 Å². The monoisotopic (exact) mass is 375 g/mol. The summed E-state index contributed by atoms with van der Waals surface area (Å²) in [6.07, 6.45) is -0.928. The summed E-state index contributed by atoms with van der Waals surface area (Å²) in [4.78, 5) is 0. The Morgan fingerprint density at radius 3 is 2.67 bits per heavy atom. The van der Waals surface area contributed by atoms with E-state index in [1.807, 2.05) is 0 Å². The molecular weight excluding hydrogens is 359 g/mol. The molecule has 1 unspecified atom stereocenters. The minimum Gasteiger partial charge on any atom is -0.481 e. The molecule has 2 aromatic rings. The third kappa shape index (κ3) is 4.57. The van der Waals surface area contributed by atoms with Crippen LogP contribution < -0.4 is 10.1 Å². The Labute approximate surface area is 150 Å². The fraction of sp³-hybridized carbons (Fsp3) is 0.294. The van der Waals surface area contributed by atoms with Crippen LogP contribution in [0.1, 0.15) is 11.7 Å². The predicted molar refractivity (Wildman–Crippen MR) is 91.0 cm³/mol. The van der Waals surface area contributed by atoms with Gasteiger partial charge in [0.2, 0.25) is 0 Å². The van der Waals surface area contributed by atoms with E-state index >= 15 is 0 Å². The van der Waals surface area contributed by atoms with Gasteiger partial charge in [-0.25, -0.2) is 8.78 Å². The van der Waals surface area contributed by atoms with Crippen LogP contribution >= 0.6 is 24.0 Å². The van der Waals surface area contributed by atoms with Gasteiger partial charge in [0.05, 0.1) is 11.6 Å². The highest BCUT2D eigenvalue weighted by Crippen LogP contribution is 2.32. The van der Waals surface area contributed by atoms with E-state index in [0.29, 0.717) is 18.7 Å². The summed E-state index contributed by atoms with van der Waals surface area (Å²) in [5, 5.41) is 3.49. The van der Waals surface area contributed by atoms with E-state index in [0.717, 1.165) is 6.54 Å². The van der Waals surface area contributed by atoms with E-state index < -0.39 is 11.9 Å². The first-order valence-electron chi connectivity index (χ1n) is 7.33. The van der Waals surface area contributed by atoms with E-state index in [1.165, 1.54) is 30.3 Å².